The molecular weight excluding hydrogens is 306 g/mol. The van der Waals surface area contributed by atoms with Gasteiger partial charge >= 0.3 is 0 Å². The minimum Gasteiger partial charge on any atom is -0.381 e. The van der Waals surface area contributed by atoms with Gasteiger partial charge in [-0.2, -0.15) is 0 Å². The molecule has 0 aliphatic rings. The highest BCUT2D eigenvalue weighted by Crippen LogP contribution is 2.15. The molecule has 0 aliphatic carbocycles. The Hall–Kier alpha value is -2.40. The molecule has 0 spiro atoms. The highest BCUT2D eigenvalue weighted by Gasteiger charge is 2.00. The SMILES string of the molecule is C[S@](=O)Cc1cccc(NCc2ccc(-n3ccnc3)cc2)c1. The normalized spacial score (nSPS) is 12.0. The summed E-state index contributed by atoms with van der Waals surface area (Å²) in [5.74, 6) is 0.592. The van der Waals surface area contributed by atoms with Crippen LogP contribution in [0, 0.1) is 0 Å². The van der Waals surface area contributed by atoms with E-state index in [9.17, 15) is 4.21 Å². The third-order valence-corrected chi connectivity index (χ3v) is 4.27. The molecule has 0 saturated heterocycles. The van der Waals surface area contributed by atoms with Crippen molar-refractivity contribution in [2.45, 2.75) is 12.3 Å². The van der Waals surface area contributed by atoms with Gasteiger partial charge in [-0.25, -0.2) is 4.98 Å². The van der Waals surface area contributed by atoms with Crippen LogP contribution in [-0.2, 0) is 23.1 Å². The molecule has 5 heteroatoms. The third kappa shape index (κ3) is 4.29. The lowest BCUT2D eigenvalue weighted by Gasteiger charge is -2.09. The Morgan fingerprint density at radius 3 is 2.65 bits per heavy atom. The summed E-state index contributed by atoms with van der Waals surface area (Å²) in [5.41, 5.74) is 4.44. The number of nitrogens with zero attached hydrogens (tertiary/aromatic N) is 2. The van der Waals surface area contributed by atoms with Gasteiger partial charge in [-0.1, -0.05) is 24.3 Å². The van der Waals surface area contributed by atoms with Crippen LogP contribution in [0.5, 0.6) is 0 Å². The van der Waals surface area contributed by atoms with Gasteiger partial charge in [0, 0.05) is 53.1 Å². The lowest BCUT2D eigenvalue weighted by Crippen LogP contribution is -2.01. The Labute approximate surface area is 138 Å². The number of nitrogens with one attached hydrogen (secondary N) is 1. The van der Waals surface area contributed by atoms with Crippen LogP contribution in [-0.4, -0.2) is 20.0 Å². The fraction of sp³-hybridized carbons (Fsp3) is 0.167. The number of hydrogen-bond acceptors (Lipinski definition) is 3. The Morgan fingerprint density at radius 1 is 1.13 bits per heavy atom. The standard InChI is InChI=1S/C18H19N3OS/c1-23(22)13-16-3-2-4-17(11-16)20-12-15-5-7-18(8-6-15)21-10-9-19-14-21/h2-11,14,20H,12-13H2,1H3/t23-/m0/s1. The third-order valence-electron chi connectivity index (χ3n) is 3.53. The van der Waals surface area contributed by atoms with E-state index >= 15 is 0 Å². The number of anilines is 1. The smallest absolute Gasteiger partial charge is 0.0991 e. The van der Waals surface area contributed by atoms with Crippen molar-refractivity contribution in [3.05, 3.63) is 78.4 Å². The molecule has 1 atom stereocenters. The first-order chi connectivity index (χ1) is 11.2. The number of imidazole rings is 1. The van der Waals surface area contributed by atoms with Crippen LogP contribution in [0.4, 0.5) is 5.69 Å². The maximum Gasteiger partial charge on any atom is 0.0991 e. The Kier molecular flexibility index (Phi) is 4.88. The van der Waals surface area contributed by atoms with Crippen molar-refractivity contribution in [2.75, 3.05) is 11.6 Å². The first kappa shape index (κ1) is 15.5. The summed E-state index contributed by atoms with van der Waals surface area (Å²) in [6.45, 7) is 0.753. The molecular formula is C18H19N3OS. The second kappa shape index (κ2) is 7.24. The van der Waals surface area contributed by atoms with Crippen LogP contribution in [0.2, 0.25) is 0 Å². The van der Waals surface area contributed by atoms with Crippen LogP contribution in [0.3, 0.4) is 0 Å². The maximum atomic E-state index is 11.3. The molecule has 4 nitrogen and oxygen atoms in total. The van der Waals surface area contributed by atoms with Crippen molar-refractivity contribution in [2.24, 2.45) is 0 Å². The van der Waals surface area contributed by atoms with Gasteiger partial charge in [-0.05, 0) is 35.4 Å². The summed E-state index contributed by atoms with van der Waals surface area (Å²) in [4.78, 5) is 4.05. The van der Waals surface area contributed by atoms with E-state index in [0.717, 1.165) is 23.5 Å². The van der Waals surface area contributed by atoms with Crippen LogP contribution in [0.25, 0.3) is 5.69 Å². The molecule has 0 amide bonds. The van der Waals surface area contributed by atoms with E-state index in [0.29, 0.717) is 5.75 Å². The molecule has 23 heavy (non-hydrogen) atoms. The van der Waals surface area contributed by atoms with Gasteiger partial charge in [0.1, 0.15) is 0 Å². The van der Waals surface area contributed by atoms with E-state index in [-0.39, 0.29) is 0 Å². The molecule has 0 unspecified atom stereocenters. The van der Waals surface area contributed by atoms with Crippen molar-refractivity contribution in [3.63, 3.8) is 0 Å². The molecule has 1 N–H and O–H groups in total. The van der Waals surface area contributed by atoms with Crippen molar-refractivity contribution < 1.29 is 4.21 Å². The lowest BCUT2D eigenvalue weighted by atomic mass is 10.2. The maximum absolute atomic E-state index is 11.3. The highest BCUT2D eigenvalue weighted by atomic mass is 32.2. The first-order valence-corrected chi connectivity index (χ1v) is 9.13. The first-order valence-electron chi connectivity index (χ1n) is 7.41. The summed E-state index contributed by atoms with van der Waals surface area (Å²) >= 11 is 0. The fourth-order valence-corrected chi connectivity index (χ4v) is 3.06. The largest absolute Gasteiger partial charge is 0.381 e. The molecule has 0 bridgehead atoms. The molecule has 0 saturated carbocycles. The number of hydrogen-bond donors (Lipinski definition) is 1. The Morgan fingerprint density at radius 2 is 1.96 bits per heavy atom. The summed E-state index contributed by atoms with van der Waals surface area (Å²) < 4.78 is 13.3. The summed E-state index contributed by atoms with van der Waals surface area (Å²) in [6.07, 6.45) is 7.21. The van der Waals surface area contributed by atoms with Crippen molar-refractivity contribution in [1.82, 2.24) is 9.55 Å². The molecule has 1 heterocycles. The van der Waals surface area contributed by atoms with Gasteiger partial charge in [0.2, 0.25) is 0 Å². The molecule has 0 radical (unpaired) electrons. The predicted octanol–water partition coefficient (Wildman–Crippen LogP) is 3.36. The van der Waals surface area contributed by atoms with E-state index in [1.54, 1.807) is 18.8 Å². The molecule has 0 aliphatic heterocycles. The molecule has 0 fully saturated rings. The molecule has 1 aromatic heterocycles. The molecule has 2 aromatic carbocycles. The summed E-state index contributed by atoms with van der Waals surface area (Å²) in [5, 5.41) is 3.41. The van der Waals surface area contributed by atoms with Gasteiger partial charge in [-0.3, -0.25) is 4.21 Å². The van der Waals surface area contributed by atoms with Gasteiger partial charge in [0.15, 0.2) is 0 Å². The molecule has 3 aromatic rings. The van der Waals surface area contributed by atoms with Gasteiger partial charge in [-0.15, -0.1) is 0 Å². The van der Waals surface area contributed by atoms with Crippen molar-refractivity contribution in [3.8, 4) is 5.69 Å². The quantitative estimate of drug-likeness (QED) is 0.756. The van der Waals surface area contributed by atoms with E-state index in [4.69, 9.17) is 0 Å². The van der Waals surface area contributed by atoms with E-state index in [1.165, 1.54) is 5.56 Å². The van der Waals surface area contributed by atoms with E-state index in [2.05, 4.69) is 40.6 Å². The number of rotatable bonds is 6. The van der Waals surface area contributed by atoms with Crippen molar-refractivity contribution >= 4 is 16.5 Å². The van der Waals surface area contributed by atoms with Gasteiger partial charge in [0.05, 0.1) is 6.33 Å². The van der Waals surface area contributed by atoms with E-state index in [1.807, 2.05) is 29.0 Å². The lowest BCUT2D eigenvalue weighted by molar-refractivity contribution is 0.686. The average Bonchev–Trinajstić information content (AvgIpc) is 3.08. The number of aromatic nitrogens is 2. The fourth-order valence-electron chi connectivity index (χ4n) is 2.41. The topological polar surface area (TPSA) is 46.9 Å². The average molecular weight is 325 g/mol. The zero-order chi connectivity index (χ0) is 16.1. The molecule has 118 valence electrons. The zero-order valence-electron chi connectivity index (χ0n) is 13.0. The van der Waals surface area contributed by atoms with Crippen molar-refractivity contribution in [1.29, 1.82) is 0 Å². The predicted molar refractivity (Wildman–Crippen MR) is 95.1 cm³/mol. The zero-order valence-corrected chi connectivity index (χ0v) is 13.8. The minimum absolute atomic E-state index is 0.592. The Balaban J connectivity index is 1.63. The summed E-state index contributed by atoms with van der Waals surface area (Å²) in [6, 6.07) is 16.5. The number of benzene rings is 2. The van der Waals surface area contributed by atoms with E-state index < -0.39 is 10.8 Å². The van der Waals surface area contributed by atoms with Crippen LogP contribution < -0.4 is 5.32 Å². The Bertz CT molecular complexity index is 782. The minimum atomic E-state index is -0.817. The monoisotopic (exact) mass is 325 g/mol. The molecule has 3 rings (SSSR count). The van der Waals surface area contributed by atoms with Crippen LogP contribution in [0.15, 0.2) is 67.3 Å². The van der Waals surface area contributed by atoms with Crippen LogP contribution in [0.1, 0.15) is 11.1 Å². The summed E-state index contributed by atoms with van der Waals surface area (Å²) in [7, 11) is -0.817. The van der Waals surface area contributed by atoms with Gasteiger partial charge < -0.3 is 9.88 Å². The highest BCUT2D eigenvalue weighted by molar-refractivity contribution is 7.83. The second-order valence-electron chi connectivity index (χ2n) is 5.41. The second-order valence-corrected chi connectivity index (χ2v) is 6.84. The van der Waals surface area contributed by atoms with Gasteiger partial charge in [0.25, 0.3) is 0 Å². The van der Waals surface area contributed by atoms with Crippen LogP contribution >= 0.6 is 0 Å².